The van der Waals surface area contributed by atoms with E-state index in [0.717, 1.165) is 57.2 Å². The van der Waals surface area contributed by atoms with Crippen molar-refractivity contribution >= 4 is 11.0 Å². The summed E-state index contributed by atoms with van der Waals surface area (Å²) in [7, 11) is 0. The van der Waals surface area contributed by atoms with Crippen LogP contribution in [0.5, 0.6) is 0 Å². The van der Waals surface area contributed by atoms with E-state index in [0.29, 0.717) is 30.4 Å². The van der Waals surface area contributed by atoms with E-state index in [-0.39, 0.29) is 6.61 Å². The molecule has 0 unspecified atom stereocenters. The molecule has 0 atom stereocenters. The normalized spacial score (nSPS) is 16.5. The minimum absolute atomic E-state index is 0.0325. The number of imidazole rings is 1. The fourth-order valence-electron chi connectivity index (χ4n) is 3.31. The number of ether oxygens (including phenoxy) is 1. The molecule has 1 aromatic carbocycles. The monoisotopic (exact) mass is 371 g/mol. The summed E-state index contributed by atoms with van der Waals surface area (Å²) < 4.78 is 46.2. The smallest absolute Gasteiger partial charge is 0.396 e. The van der Waals surface area contributed by atoms with Crippen LogP contribution in [0.3, 0.4) is 0 Å². The molecule has 0 bridgehead atoms. The molecule has 1 N–H and O–H groups in total. The van der Waals surface area contributed by atoms with E-state index in [4.69, 9.17) is 9.84 Å². The first kappa shape index (κ1) is 19.1. The standard InChI is InChI=1S/C18H24F3N3O2/c19-18(20,21)14-4-5-16-15(13-14)22-17(3-1-10-25)24(16)7-2-6-23-8-11-26-12-9-23/h4-5,13,25H,1-3,6-12H2. The predicted octanol–water partition coefficient (Wildman–Crippen LogP) is 2.70. The SMILES string of the molecule is OCCCc1nc2cc(C(F)(F)F)ccc2n1CCCN1CCOCC1. The van der Waals surface area contributed by atoms with Crippen LogP contribution < -0.4 is 0 Å². The molecule has 0 spiro atoms. The first-order chi connectivity index (χ1) is 12.5. The first-order valence-corrected chi connectivity index (χ1v) is 8.96. The maximum atomic E-state index is 13.0. The molecular weight excluding hydrogens is 347 g/mol. The number of aliphatic hydroxyl groups is 1. The number of hydrogen-bond acceptors (Lipinski definition) is 4. The molecule has 1 aliphatic rings. The van der Waals surface area contributed by atoms with E-state index in [1.807, 2.05) is 4.57 Å². The molecule has 1 saturated heterocycles. The van der Waals surface area contributed by atoms with Gasteiger partial charge in [-0.15, -0.1) is 0 Å². The van der Waals surface area contributed by atoms with E-state index < -0.39 is 11.7 Å². The summed E-state index contributed by atoms with van der Waals surface area (Å²) in [6.07, 6.45) is -2.40. The molecule has 2 aromatic rings. The molecule has 0 saturated carbocycles. The Labute approximate surface area is 150 Å². The lowest BCUT2D eigenvalue weighted by Crippen LogP contribution is -2.37. The highest BCUT2D eigenvalue weighted by Gasteiger charge is 2.31. The van der Waals surface area contributed by atoms with E-state index in [1.54, 1.807) is 0 Å². The molecule has 0 radical (unpaired) electrons. The Morgan fingerprint density at radius 2 is 1.88 bits per heavy atom. The van der Waals surface area contributed by atoms with Crippen LogP contribution in [-0.4, -0.2) is 59.0 Å². The van der Waals surface area contributed by atoms with Gasteiger partial charge in [-0.3, -0.25) is 4.90 Å². The van der Waals surface area contributed by atoms with Crippen LogP contribution >= 0.6 is 0 Å². The Morgan fingerprint density at radius 1 is 1.12 bits per heavy atom. The zero-order chi connectivity index (χ0) is 18.6. The molecule has 1 fully saturated rings. The molecule has 5 nitrogen and oxygen atoms in total. The van der Waals surface area contributed by atoms with Crippen LogP contribution in [0.2, 0.25) is 0 Å². The molecule has 0 aliphatic carbocycles. The van der Waals surface area contributed by atoms with Gasteiger partial charge in [0.2, 0.25) is 0 Å². The number of morpholine rings is 1. The number of rotatable bonds is 7. The Morgan fingerprint density at radius 3 is 2.58 bits per heavy atom. The van der Waals surface area contributed by atoms with Gasteiger partial charge < -0.3 is 14.4 Å². The fraction of sp³-hybridized carbons (Fsp3) is 0.611. The van der Waals surface area contributed by atoms with Gasteiger partial charge in [0.15, 0.2) is 0 Å². The van der Waals surface area contributed by atoms with E-state index >= 15 is 0 Å². The van der Waals surface area contributed by atoms with Crippen molar-refractivity contribution in [3.63, 3.8) is 0 Å². The van der Waals surface area contributed by atoms with Gasteiger partial charge in [0.25, 0.3) is 0 Å². The summed E-state index contributed by atoms with van der Waals surface area (Å²) in [6.45, 7) is 4.97. The number of aryl methyl sites for hydroxylation is 2. The second-order valence-electron chi connectivity index (χ2n) is 6.52. The summed E-state index contributed by atoms with van der Waals surface area (Å²) >= 11 is 0. The molecule has 3 rings (SSSR count). The topological polar surface area (TPSA) is 50.5 Å². The van der Waals surface area contributed by atoms with Crippen LogP contribution in [0.1, 0.15) is 24.2 Å². The second-order valence-corrected chi connectivity index (χ2v) is 6.52. The van der Waals surface area contributed by atoms with E-state index in [1.165, 1.54) is 6.07 Å². The third-order valence-electron chi connectivity index (χ3n) is 4.67. The number of fused-ring (bicyclic) bond motifs is 1. The van der Waals surface area contributed by atoms with Crippen molar-refractivity contribution in [2.75, 3.05) is 39.5 Å². The van der Waals surface area contributed by atoms with Crippen LogP contribution in [-0.2, 0) is 23.9 Å². The third-order valence-corrected chi connectivity index (χ3v) is 4.67. The number of alkyl halides is 3. The Bertz CT molecular complexity index is 724. The lowest BCUT2D eigenvalue weighted by molar-refractivity contribution is -0.137. The van der Waals surface area contributed by atoms with Crippen LogP contribution in [0, 0.1) is 0 Å². The minimum atomic E-state index is -4.38. The highest BCUT2D eigenvalue weighted by atomic mass is 19.4. The number of benzene rings is 1. The number of hydrogen-bond donors (Lipinski definition) is 1. The average molecular weight is 371 g/mol. The maximum Gasteiger partial charge on any atom is 0.416 e. The Balaban J connectivity index is 1.78. The first-order valence-electron chi connectivity index (χ1n) is 8.96. The highest BCUT2D eigenvalue weighted by molar-refractivity contribution is 5.77. The maximum absolute atomic E-state index is 13.0. The molecule has 144 valence electrons. The number of aromatic nitrogens is 2. The zero-order valence-electron chi connectivity index (χ0n) is 14.6. The number of nitrogens with zero attached hydrogens (tertiary/aromatic N) is 3. The van der Waals surface area contributed by atoms with Gasteiger partial charge in [0.1, 0.15) is 5.82 Å². The van der Waals surface area contributed by atoms with Gasteiger partial charge in [0, 0.05) is 39.2 Å². The van der Waals surface area contributed by atoms with Gasteiger partial charge in [-0.05, 0) is 31.0 Å². The van der Waals surface area contributed by atoms with Crippen LogP contribution in [0.4, 0.5) is 13.2 Å². The van der Waals surface area contributed by atoms with Crippen molar-refractivity contribution in [3.05, 3.63) is 29.6 Å². The lowest BCUT2D eigenvalue weighted by Gasteiger charge is -2.26. The fourth-order valence-corrected chi connectivity index (χ4v) is 3.31. The summed E-state index contributed by atoms with van der Waals surface area (Å²) in [4.78, 5) is 6.74. The van der Waals surface area contributed by atoms with Crippen molar-refractivity contribution in [3.8, 4) is 0 Å². The van der Waals surface area contributed by atoms with Crippen molar-refractivity contribution < 1.29 is 23.0 Å². The summed E-state index contributed by atoms with van der Waals surface area (Å²) in [5.74, 6) is 0.732. The van der Waals surface area contributed by atoms with Crippen molar-refractivity contribution in [1.29, 1.82) is 0 Å². The molecule has 0 amide bonds. The average Bonchev–Trinajstić information content (AvgIpc) is 2.97. The molecule has 8 heteroatoms. The van der Waals surface area contributed by atoms with Gasteiger partial charge in [-0.2, -0.15) is 13.2 Å². The van der Waals surface area contributed by atoms with Gasteiger partial charge in [-0.1, -0.05) is 0 Å². The number of halogens is 3. The zero-order valence-corrected chi connectivity index (χ0v) is 14.6. The van der Waals surface area contributed by atoms with Crippen molar-refractivity contribution in [1.82, 2.24) is 14.5 Å². The Hall–Kier alpha value is -1.64. The van der Waals surface area contributed by atoms with Crippen LogP contribution in [0.15, 0.2) is 18.2 Å². The van der Waals surface area contributed by atoms with Crippen molar-refractivity contribution in [2.24, 2.45) is 0 Å². The highest BCUT2D eigenvalue weighted by Crippen LogP contribution is 2.31. The summed E-state index contributed by atoms with van der Waals surface area (Å²) in [5.41, 5.74) is 0.392. The minimum Gasteiger partial charge on any atom is -0.396 e. The predicted molar refractivity (Wildman–Crippen MR) is 92.0 cm³/mol. The van der Waals surface area contributed by atoms with E-state index in [2.05, 4.69) is 9.88 Å². The molecular formula is C18H24F3N3O2. The van der Waals surface area contributed by atoms with Gasteiger partial charge >= 0.3 is 6.18 Å². The number of aliphatic hydroxyl groups excluding tert-OH is 1. The lowest BCUT2D eigenvalue weighted by atomic mass is 10.2. The van der Waals surface area contributed by atoms with Gasteiger partial charge in [-0.25, -0.2) is 4.98 Å². The van der Waals surface area contributed by atoms with E-state index in [9.17, 15) is 13.2 Å². The molecule has 1 aromatic heterocycles. The Kier molecular flexibility index (Phi) is 6.16. The largest absolute Gasteiger partial charge is 0.416 e. The molecule has 26 heavy (non-hydrogen) atoms. The third kappa shape index (κ3) is 4.55. The van der Waals surface area contributed by atoms with Crippen LogP contribution in [0.25, 0.3) is 11.0 Å². The van der Waals surface area contributed by atoms with Crippen molar-refractivity contribution in [2.45, 2.75) is 32.0 Å². The quantitative estimate of drug-likeness (QED) is 0.813. The molecule has 2 heterocycles. The summed E-state index contributed by atoms with van der Waals surface area (Å²) in [5, 5.41) is 9.09. The van der Waals surface area contributed by atoms with Gasteiger partial charge in [0.05, 0.1) is 29.8 Å². The molecule has 1 aliphatic heterocycles. The summed E-state index contributed by atoms with van der Waals surface area (Å²) in [6, 6.07) is 3.72. The second kappa shape index (κ2) is 8.37.